The second-order valence-electron chi connectivity index (χ2n) is 3.30. The molecular weight excluding hydrogens is 126 g/mol. The van der Waals surface area contributed by atoms with E-state index in [4.69, 9.17) is 4.74 Å². The lowest BCUT2D eigenvalue weighted by atomic mass is 9.81. The molecule has 0 bridgehead atoms. The zero-order chi connectivity index (χ0) is 6.81. The summed E-state index contributed by atoms with van der Waals surface area (Å²) in [6.07, 6.45) is 4.76. The van der Waals surface area contributed by atoms with Crippen molar-refractivity contribution in [3.8, 4) is 0 Å². The first kappa shape index (κ1) is 6.62. The van der Waals surface area contributed by atoms with E-state index in [0.29, 0.717) is 6.10 Å². The number of rotatable bonds is 1. The van der Waals surface area contributed by atoms with Crippen LogP contribution >= 0.6 is 0 Å². The van der Waals surface area contributed by atoms with Crippen LogP contribution in [0.25, 0.3) is 0 Å². The average Bonchev–Trinajstić information content (AvgIpc) is 1.86. The Morgan fingerprint density at radius 1 is 1.30 bits per heavy atom. The van der Waals surface area contributed by atoms with E-state index in [9.17, 15) is 0 Å². The molecule has 1 heterocycles. The molecule has 0 aromatic heterocycles. The Labute approximate surface area is 61.9 Å². The van der Waals surface area contributed by atoms with Crippen molar-refractivity contribution in [2.24, 2.45) is 5.92 Å². The van der Waals surface area contributed by atoms with E-state index >= 15 is 0 Å². The first-order chi connectivity index (χ1) is 4.97. The topological polar surface area (TPSA) is 21.3 Å². The third kappa shape index (κ3) is 1.18. The Morgan fingerprint density at radius 2 is 2.20 bits per heavy atom. The van der Waals surface area contributed by atoms with Crippen LogP contribution in [-0.4, -0.2) is 25.8 Å². The van der Waals surface area contributed by atoms with Crippen LogP contribution in [0.1, 0.15) is 19.3 Å². The molecule has 1 saturated carbocycles. The standard InChI is InChI=1S/C8H15NO/c1-2-7(3-1)8-6-9-4-5-10-8/h7-9H,1-6H2/t8-/m0/s1. The highest BCUT2D eigenvalue weighted by atomic mass is 16.5. The van der Waals surface area contributed by atoms with Gasteiger partial charge in [0.05, 0.1) is 12.7 Å². The summed E-state index contributed by atoms with van der Waals surface area (Å²) in [5.41, 5.74) is 0. The van der Waals surface area contributed by atoms with E-state index in [1.54, 1.807) is 0 Å². The van der Waals surface area contributed by atoms with Crippen LogP contribution in [0, 0.1) is 5.92 Å². The molecule has 0 amide bonds. The predicted octanol–water partition coefficient (Wildman–Crippen LogP) is 0.775. The quantitative estimate of drug-likeness (QED) is 0.582. The Morgan fingerprint density at radius 3 is 2.70 bits per heavy atom. The first-order valence-corrected chi connectivity index (χ1v) is 4.29. The molecule has 0 aromatic carbocycles. The minimum absolute atomic E-state index is 0.544. The minimum Gasteiger partial charge on any atom is -0.375 e. The lowest BCUT2D eigenvalue weighted by Crippen LogP contribution is -2.44. The number of nitrogens with one attached hydrogen (secondary N) is 1. The first-order valence-electron chi connectivity index (χ1n) is 4.29. The molecule has 0 aromatic rings. The van der Waals surface area contributed by atoms with Crippen molar-refractivity contribution in [3.05, 3.63) is 0 Å². The highest BCUT2D eigenvalue weighted by Crippen LogP contribution is 2.31. The van der Waals surface area contributed by atoms with Crippen molar-refractivity contribution >= 4 is 0 Å². The molecule has 2 nitrogen and oxygen atoms in total. The molecule has 1 aliphatic heterocycles. The second-order valence-corrected chi connectivity index (χ2v) is 3.30. The monoisotopic (exact) mass is 141 g/mol. The zero-order valence-corrected chi connectivity index (χ0v) is 6.31. The van der Waals surface area contributed by atoms with Gasteiger partial charge in [-0.25, -0.2) is 0 Å². The lowest BCUT2D eigenvalue weighted by molar-refractivity contribution is -0.0316. The Balaban J connectivity index is 1.78. The molecule has 1 saturated heterocycles. The summed E-state index contributed by atoms with van der Waals surface area (Å²) in [7, 11) is 0. The van der Waals surface area contributed by atoms with E-state index in [1.807, 2.05) is 0 Å². The molecule has 2 aliphatic rings. The third-order valence-electron chi connectivity index (χ3n) is 2.63. The molecule has 10 heavy (non-hydrogen) atoms. The van der Waals surface area contributed by atoms with E-state index in [1.165, 1.54) is 19.3 Å². The van der Waals surface area contributed by atoms with Crippen LogP contribution in [0.3, 0.4) is 0 Å². The van der Waals surface area contributed by atoms with Gasteiger partial charge in [0, 0.05) is 13.1 Å². The van der Waals surface area contributed by atoms with E-state index in [2.05, 4.69) is 5.32 Å². The van der Waals surface area contributed by atoms with Gasteiger partial charge in [0.15, 0.2) is 0 Å². The van der Waals surface area contributed by atoms with Crippen LogP contribution in [0.2, 0.25) is 0 Å². The molecule has 1 atom stereocenters. The van der Waals surface area contributed by atoms with Gasteiger partial charge in [0.1, 0.15) is 0 Å². The van der Waals surface area contributed by atoms with Gasteiger partial charge in [0.2, 0.25) is 0 Å². The second kappa shape index (κ2) is 2.89. The van der Waals surface area contributed by atoms with Gasteiger partial charge in [-0.15, -0.1) is 0 Å². The van der Waals surface area contributed by atoms with Crippen LogP contribution in [0.15, 0.2) is 0 Å². The Bertz CT molecular complexity index is 106. The van der Waals surface area contributed by atoms with Crippen molar-refractivity contribution in [2.45, 2.75) is 25.4 Å². The molecule has 2 fully saturated rings. The summed E-state index contributed by atoms with van der Waals surface area (Å²) in [5.74, 6) is 0.882. The smallest absolute Gasteiger partial charge is 0.0728 e. The molecule has 1 N–H and O–H groups in total. The van der Waals surface area contributed by atoms with Crippen molar-refractivity contribution in [3.63, 3.8) is 0 Å². The van der Waals surface area contributed by atoms with Crippen molar-refractivity contribution in [2.75, 3.05) is 19.7 Å². The van der Waals surface area contributed by atoms with Crippen LogP contribution in [-0.2, 0) is 4.74 Å². The maximum atomic E-state index is 5.62. The van der Waals surface area contributed by atoms with Crippen LogP contribution in [0.4, 0.5) is 0 Å². The van der Waals surface area contributed by atoms with E-state index in [0.717, 1.165) is 25.6 Å². The minimum atomic E-state index is 0.544. The molecule has 1 aliphatic carbocycles. The third-order valence-corrected chi connectivity index (χ3v) is 2.63. The highest BCUT2D eigenvalue weighted by Gasteiger charge is 2.28. The maximum absolute atomic E-state index is 5.62. The van der Waals surface area contributed by atoms with Gasteiger partial charge < -0.3 is 10.1 Å². The van der Waals surface area contributed by atoms with Crippen molar-refractivity contribution < 1.29 is 4.74 Å². The predicted molar refractivity (Wildman–Crippen MR) is 40.0 cm³/mol. The molecule has 2 heteroatoms. The van der Waals surface area contributed by atoms with Gasteiger partial charge in [-0.1, -0.05) is 6.42 Å². The molecular formula is C8H15NO. The van der Waals surface area contributed by atoms with Gasteiger partial charge in [0.25, 0.3) is 0 Å². The van der Waals surface area contributed by atoms with Crippen LogP contribution in [0.5, 0.6) is 0 Å². The molecule has 0 radical (unpaired) electrons. The molecule has 58 valence electrons. The Kier molecular flexibility index (Phi) is 1.91. The fourth-order valence-electron chi connectivity index (χ4n) is 1.70. The van der Waals surface area contributed by atoms with Gasteiger partial charge in [-0.2, -0.15) is 0 Å². The fourth-order valence-corrected chi connectivity index (χ4v) is 1.70. The summed E-state index contributed by atoms with van der Waals surface area (Å²) in [5, 5.41) is 3.36. The SMILES string of the molecule is C1CC([C@@H]2CNCCO2)C1. The van der Waals surface area contributed by atoms with E-state index in [-0.39, 0.29) is 0 Å². The number of hydrogen-bond acceptors (Lipinski definition) is 2. The fraction of sp³-hybridized carbons (Fsp3) is 1.00. The number of morpholine rings is 1. The number of hydrogen-bond donors (Lipinski definition) is 1. The summed E-state index contributed by atoms with van der Waals surface area (Å²) in [6.45, 7) is 3.05. The normalized spacial score (nSPS) is 35.4. The average molecular weight is 141 g/mol. The summed E-state index contributed by atoms with van der Waals surface area (Å²) >= 11 is 0. The molecule has 0 unspecified atom stereocenters. The van der Waals surface area contributed by atoms with Gasteiger partial charge in [-0.3, -0.25) is 0 Å². The van der Waals surface area contributed by atoms with Crippen molar-refractivity contribution in [1.82, 2.24) is 5.32 Å². The van der Waals surface area contributed by atoms with Gasteiger partial charge in [-0.05, 0) is 18.8 Å². The maximum Gasteiger partial charge on any atom is 0.0728 e. The van der Waals surface area contributed by atoms with E-state index < -0.39 is 0 Å². The molecule has 0 spiro atoms. The zero-order valence-electron chi connectivity index (χ0n) is 6.31. The Hall–Kier alpha value is -0.0800. The highest BCUT2D eigenvalue weighted by molar-refractivity contribution is 4.81. The largest absolute Gasteiger partial charge is 0.375 e. The summed E-state index contributed by atoms with van der Waals surface area (Å²) in [6, 6.07) is 0. The lowest BCUT2D eigenvalue weighted by Gasteiger charge is -2.36. The number of ether oxygens (including phenoxy) is 1. The summed E-state index contributed by atoms with van der Waals surface area (Å²) in [4.78, 5) is 0. The van der Waals surface area contributed by atoms with Crippen molar-refractivity contribution in [1.29, 1.82) is 0 Å². The summed E-state index contributed by atoms with van der Waals surface area (Å²) < 4.78 is 5.62. The van der Waals surface area contributed by atoms with Crippen LogP contribution < -0.4 is 5.32 Å². The van der Waals surface area contributed by atoms with Gasteiger partial charge >= 0.3 is 0 Å². The molecule has 2 rings (SSSR count).